The van der Waals surface area contributed by atoms with Crippen molar-refractivity contribution in [3.8, 4) is 17.0 Å². The van der Waals surface area contributed by atoms with Crippen molar-refractivity contribution in [1.29, 1.82) is 0 Å². The maximum Gasteiger partial charge on any atom is 0.227 e. The Hall–Kier alpha value is -2.04. The highest BCUT2D eigenvalue weighted by atomic mass is 32.2. The molecule has 0 atom stereocenters. The fourth-order valence-electron chi connectivity index (χ4n) is 1.94. The summed E-state index contributed by atoms with van der Waals surface area (Å²) in [6, 6.07) is 9.52. The largest absolute Gasteiger partial charge is 0.496 e. The zero-order valence-electron chi connectivity index (χ0n) is 13.2. The van der Waals surface area contributed by atoms with Crippen molar-refractivity contribution >= 4 is 40.8 Å². The van der Waals surface area contributed by atoms with Gasteiger partial charge in [0.1, 0.15) is 17.2 Å². The molecule has 25 heavy (non-hydrogen) atoms. The van der Waals surface area contributed by atoms with Gasteiger partial charge in [0.05, 0.1) is 18.6 Å². The number of nitrogens with zero attached hydrogens (tertiary/aromatic N) is 3. The predicted molar refractivity (Wildman–Crippen MR) is 97.9 cm³/mol. The minimum Gasteiger partial charge on any atom is -0.496 e. The van der Waals surface area contributed by atoms with E-state index >= 15 is 0 Å². The zero-order chi connectivity index (χ0) is 17.6. The number of primary amides is 1. The molecule has 0 unspecified atom stereocenters. The topological polar surface area (TPSA) is 104 Å². The number of carbonyl (C=O) groups is 1. The van der Waals surface area contributed by atoms with Crippen LogP contribution in [0.5, 0.6) is 5.75 Å². The van der Waals surface area contributed by atoms with Gasteiger partial charge in [0.2, 0.25) is 5.91 Å². The average Bonchev–Trinajstić information content (AvgIpc) is 3.27. The number of methoxy groups -OCH3 is 1. The number of hydrogen-bond donors (Lipinski definition) is 1. The Morgan fingerprint density at radius 2 is 2.04 bits per heavy atom. The highest BCUT2D eigenvalue weighted by molar-refractivity contribution is 8.03. The second-order valence-corrected chi connectivity index (χ2v) is 8.18. The molecule has 2 aromatic heterocycles. The molecule has 0 aliphatic heterocycles. The van der Waals surface area contributed by atoms with Crippen LogP contribution < -0.4 is 10.5 Å². The summed E-state index contributed by atoms with van der Waals surface area (Å²) >= 11 is 4.20. The first kappa shape index (κ1) is 17.8. The summed E-state index contributed by atoms with van der Waals surface area (Å²) in [5.41, 5.74) is 6.72. The van der Waals surface area contributed by atoms with Gasteiger partial charge in [-0.3, -0.25) is 4.79 Å². The SMILES string of the molecule is COc1ccccc1-c1cc(CSc2nnc(SCC(N)=O)s2)on1. The molecule has 0 saturated heterocycles. The first-order chi connectivity index (χ1) is 12.2. The summed E-state index contributed by atoms with van der Waals surface area (Å²) in [6.45, 7) is 0. The number of benzene rings is 1. The molecule has 0 aliphatic carbocycles. The Morgan fingerprint density at radius 3 is 2.80 bits per heavy atom. The number of para-hydroxylation sites is 1. The van der Waals surface area contributed by atoms with E-state index in [0.29, 0.717) is 10.1 Å². The van der Waals surface area contributed by atoms with E-state index in [1.54, 1.807) is 7.11 Å². The van der Waals surface area contributed by atoms with Gasteiger partial charge in [-0.05, 0) is 12.1 Å². The number of ether oxygens (including phenoxy) is 1. The molecule has 7 nitrogen and oxygen atoms in total. The highest BCUT2D eigenvalue weighted by Crippen LogP contribution is 2.33. The summed E-state index contributed by atoms with van der Waals surface area (Å²) in [5, 5.41) is 12.2. The molecule has 130 valence electrons. The number of rotatable bonds is 8. The summed E-state index contributed by atoms with van der Waals surface area (Å²) in [6.07, 6.45) is 0. The Kier molecular flexibility index (Phi) is 5.95. The first-order valence-electron chi connectivity index (χ1n) is 7.12. The third-order valence-electron chi connectivity index (χ3n) is 3.01. The molecule has 1 aromatic carbocycles. The smallest absolute Gasteiger partial charge is 0.227 e. The van der Waals surface area contributed by atoms with Crippen LogP contribution in [0.3, 0.4) is 0 Å². The minimum atomic E-state index is -0.375. The molecule has 10 heteroatoms. The van der Waals surface area contributed by atoms with Crippen LogP contribution in [0, 0.1) is 0 Å². The van der Waals surface area contributed by atoms with Crippen LogP contribution >= 0.6 is 34.9 Å². The molecule has 0 saturated carbocycles. The van der Waals surface area contributed by atoms with Crippen molar-refractivity contribution < 1.29 is 14.1 Å². The van der Waals surface area contributed by atoms with Crippen LogP contribution in [-0.2, 0) is 10.5 Å². The van der Waals surface area contributed by atoms with Gasteiger partial charge in [-0.1, -0.05) is 52.1 Å². The number of hydrogen-bond acceptors (Lipinski definition) is 9. The molecule has 1 amide bonds. The van der Waals surface area contributed by atoms with Gasteiger partial charge in [-0.25, -0.2) is 0 Å². The van der Waals surface area contributed by atoms with E-state index in [-0.39, 0.29) is 11.7 Å². The molecular weight excluding hydrogens is 380 g/mol. The third-order valence-corrected chi connectivity index (χ3v) is 6.24. The lowest BCUT2D eigenvalue weighted by atomic mass is 10.1. The molecule has 3 aromatic rings. The molecule has 0 aliphatic rings. The molecule has 3 rings (SSSR count). The second kappa shape index (κ2) is 8.37. The molecule has 2 heterocycles. The van der Waals surface area contributed by atoms with Gasteiger partial charge in [0.15, 0.2) is 8.68 Å². The Morgan fingerprint density at radius 1 is 1.28 bits per heavy atom. The fraction of sp³-hybridized carbons (Fsp3) is 0.200. The summed E-state index contributed by atoms with van der Waals surface area (Å²) in [4.78, 5) is 10.8. The maximum absolute atomic E-state index is 10.8. The molecule has 0 fully saturated rings. The summed E-state index contributed by atoms with van der Waals surface area (Å²) in [5.74, 6) is 1.88. The Bertz CT molecular complexity index is 865. The van der Waals surface area contributed by atoms with Crippen LogP contribution in [0.15, 0.2) is 43.5 Å². The summed E-state index contributed by atoms with van der Waals surface area (Å²) < 4.78 is 12.2. The Balaban J connectivity index is 1.61. The number of carbonyl (C=O) groups excluding carboxylic acids is 1. The van der Waals surface area contributed by atoms with E-state index in [9.17, 15) is 4.79 Å². The van der Waals surface area contributed by atoms with Gasteiger partial charge in [0, 0.05) is 11.6 Å². The second-order valence-electron chi connectivity index (χ2n) is 4.76. The molecule has 0 radical (unpaired) electrons. The van der Waals surface area contributed by atoms with Crippen LogP contribution in [0.2, 0.25) is 0 Å². The average molecular weight is 395 g/mol. The summed E-state index contributed by atoms with van der Waals surface area (Å²) in [7, 11) is 1.62. The van der Waals surface area contributed by atoms with E-state index in [1.165, 1.54) is 34.9 Å². The van der Waals surface area contributed by atoms with E-state index in [4.69, 9.17) is 15.0 Å². The van der Waals surface area contributed by atoms with E-state index in [1.807, 2.05) is 30.3 Å². The normalized spacial score (nSPS) is 10.8. The van der Waals surface area contributed by atoms with Gasteiger partial charge in [-0.2, -0.15) is 0 Å². The van der Waals surface area contributed by atoms with Crippen molar-refractivity contribution in [2.24, 2.45) is 5.73 Å². The van der Waals surface area contributed by atoms with Crippen molar-refractivity contribution in [2.75, 3.05) is 12.9 Å². The van der Waals surface area contributed by atoms with Crippen molar-refractivity contribution in [1.82, 2.24) is 15.4 Å². The lowest BCUT2D eigenvalue weighted by Gasteiger charge is -2.03. The van der Waals surface area contributed by atoms with E-state index < -0.39 is 0 Å². The van der Waals surface area contributed by atoms with Crippen molar-refractivity contribution in [3.05, 3.63) is 36.1 Å². The van der Waals surface area contributed by atoms with Gasteiger partial charge in [0.25, 0.3) is 0 Å². The maximum atomic E-state index is 10.8. The molecular formula is C15H14N4O3S3. The van der Waals surface area contributed by atoms with Crippen LogP contribution in [-0.4, -0.2) is 34.1 Å². The molecule has 2 N–H and O–H groups in total. The quantitative estimate of drug-likeness (QED) is 0.581. The zero-order valence-corrected chi connectivity index (χ0v) is 15.6. The van der Waals surface area contributed by atoms with Crippen molar-refractivity contribution in [2.45, 2.75) is 14.4 Å². The number of thioether (sulfide) groups is 2. The Labute approximate surface area is 156 Å². The number of aromatic nitrogens is 3. The first-order valence-corrected chi connectivity index (χ1v) is 9.91. The van der Waals surface area contributed by atoms with Crippen molar-refractivity contribution in [3.63, 3.8) is 0 Å². The van der Waals surface area contributed by atoms with E-state index in [2.05, 4.69) is 15.4 Å². The predicted octanol–water partition coefficient (Wildman–Crippen LogP) is 3.07. The van der Waals surface area contributed by atoms with Crippen LogP contribution in [0.1, 0.15) is 5.76 Å². The lowest BCUT2D eigenvalue weighted by molar-refractivity contribution is -0.115. The van der Waals surface area contributed by atoms with Crippen LogP contribution in [0.25, 0.3) is 11.3 Å². The van der Waals surface area contributed by atoms with Gasteiger partial charge < -0.3 is 15.0 Å². The number of amides is 1. The lowest BCUT2D eigenvalue weighted by Crippen LogP contribution is -2.12. The highest BCUT2D eigenvalue weighted by Gasteiger charge is 2.13. The number of nitrogens with two attached hydrogens (primary N) is 1. The molecule has 0 bridgehead atoms. The van der Waals surface area contributed by atoms with Gasteiger partial charge >= 0.3 is 0 Å². The van der Waals surface area contributed by atoms with Gasteiger partial charge in [-0.15, -0.1) is 10.2 Å². The van der Waals surface area contributed by atoms with Crippen LogP contribution in [0.4, 0.5) is 0 Å². The third kappa shape index (κ3) is 4.74. The fourth-order valence-corrected chi connectivity index (χ4v) is 4.58. The monoisotopic (exact) mass is 394 g/mol. The molecule has 0 spiro atoms. The minimum absolute atomic E-state index is 0.198. The standard InChI is InChI=1S/C15H14N4O3S3/c1-21-12-5-3-2-4-10(12)11-6-9(22-19-11)7-23-14-17-18-15(25-14)24-8-13(16)20/h2-6H,7-8H2,1H3,(H2,16,20). The van der Waals surface area contributed by atoms with E-state index in [0.717, 1.165) is 27.1 Å².